The van der Waals surface area contributed by atoms with Crippen molar-refractivity contribution in [2.75, 3.05) is 31.6 Å². The Balaban J connectivity index is 1.58. The first-order chi connectivity index (χ1) is 14.0. The van der Waals surface area contributed by atoms with Crippen LogP contribution in [0.15, 0.2) is 48.5 Å². The van der Waals surface area contributed by atoms with Gasteiger partial charge in [0.1, 0.15) is 18.1 Å². The zero-order valence-electron chi connectivity index (χ0n) is 16.1. The van der Waals surface area contributed by atoms with Crippen LogP contribution >= 0.6 is 0 Å². The van der Waals surface area contributed by atoms with Crippen LogP contribution in [0.1, 0.15) is 12.5 Å². The van der Waals surface area contributed by atoms with E-state index in [0.29, 0.717) is 24.6 Å². The summed E-state index contributed by atoms with van der Waals surface area (Å²) >= 11 is 0. The Labute approximate surface area is 168 Å². The van der Waals surface area contributed by atoms with Crippen molar-refractivity contribution in [2.24, 2.45) is 0 Å². The maximum atomic E-state index is 13.0. The van der Waals surface area contributed by atoms with Gasteiger partial charge < -0.3 is 19.9 Å². The van der Waals surface area contributed by atoms with E-state index in [1.165, 1.54) is 21.9 Å². The summed E-state index contributed by atoms with van der Waals surface area (Å²) in [5.41, 5.74) is 1.24. The maximum absolute atomic E-state index is 13.0. The lowest BCUT2D eigenvalue weighted by Crippen LogP contribution is -2.55. The number of nitrogens with zero attached hydrogens (tertiary/aromatic N) is 2. The van der Waals surface area contributed by atoms with E-state index in [-0.39, 0.29) is 25.5 Å². The van der Waals surface area contributed by atoms with E-state index < -0.39 is 17.7 Å². The monoisotopic (exact) mass is 399 g/mol. The lowest BCUT2D eigenvalue weighted by atomic mass is 10.2. The molecular weight excluding hydrogens is 377 g/mol. The number of carbonyl (C=O) groups is 3. The van der Waals surface area contributed by atoms with Gasteiger partial charge in [0, 0.05) is 19.6 Å². The summed E-state index contributed by atoms with van der Waals surface area (Å²) in [7, 11) is 0. The Morgan fingerprint density at radius 2 is 1.69 bits per heavy atom. The summed E-state index contributed by atoms with van der Waals surface area (Å²) in [6.07, 6.45) is 0. The second kappa shape index (κ2) is 9.18. The predicted octanol–water partition coefficient (Wildman–Crippen LogP) is 2.03. The molecule has 2 aromatic rings. The number of piperazine rings is 1. The maximum Gasteiger partial charge on any atom is 0.312 e. The molecule has 0 aliphatic carbocycles. The van der Waals surface area contributed by atoms with Gasteiger partial charge in [0.05, 0.1) is 12.3 Å². The topological polar surface area (TPSA) is 79.0 Å². The molecule has 3 rings (SSSR count). The Hall–Kier alpha value is -3.42. The minimum Gasteiger partial charge on any atom is -0.492 e. The fourth-order valence-corrected chi connectivity index (χ4v) is 3.04. The van der Waals surface area contributed by atoms with Crippen molar-refractivity contribution in [1.82, 2.24) is 9.80 Å². The van der Waals surface area contributed by atoms with Gasteiger partial charge in [-0.15, -0.1) is 0 Å². The van der Waals surface area contributed by atoms with Crippen molar-refractivity contribution in [3.8, 4) is 5.75 Å². The fraction of sp³-hybridized carbons (Fsp3) is 0.286. The number of nitrogens with one attached hydrogen (secondary N) is 1. The van der Waals surface area contributed by atoms with E-state index in [4.69, 9.17) is 4.74 Å². The first-order valence-corrected chi connectivity index (χ1v) is 9.32. The van der Waals surface area contributed by atoms with Crippen LogP contribution in [0.25, 0.3) is 0 Å². The van der Waals surface area contributed by atoms with Gasteiger partial charge in [0.15, 0.2) is 0 Å². The second-order valence-electron chi connectivity index (χ2n) is 6.56. The Bertz CT molecular complexity index is 901. The van der Waals surface area contributed by atoms with Crippen molar-refractivity contribution >= 4 is 23.4 Å². The number of ether oxygens (including phenoxy) is 1. The first-order valence-electron chi connectivity index (χ1n) is 9.32. The molecule has 0 saturated carbocycles. The smallest absolute Gasteiger partial charge is 0.312 e. The highest BCUT2D eigenvalue weighted by molar-refractivity contribution is 6.35. The van der Waals surface area contributed by atoms with Crippen molar-refractivity contribution in [3.63, 3.8) is 0 Å². The van der Waals surface area contributed by atoms with Gasteiger partial charge in [-0.25, -0.2) is 4.39 Å². The summed E-state index contributed by atoms with van der Waals surface area (Å²) in [5, 5.41) is 2.72. The van der Waals surface area contributed by atoms with Crippen LogP contribution in [0, 0.1) is 5.82 Å². The number of anilines is 1. The number of halogens is 1. The van der Waals surface area contributed by atoms with E-state index in [1.807, 2.05) is 6.92 Å². The van der Waals surface area contributed by atoms with Gasteiger partial charge in [0.2, 0.25) is 5.91 Å². The standard InChI is InChI=1S/C21H22FN3O4/c1-2-29-18-6-4-3-5-17(18)23-19(26)14-25-12-11-24(20(27)21(25)28)13-15-7-9-16(22)10-8-15/h3-10H,2,11-14H2,1H3,(H,23,26). The molecule has 0 radical (unpaired) electrons. The molecule has 29 heavy (non-hydrogen) atoms. The fourth-order valence-electron chi connectivity index (χ4n) is 3.04. The van der Waals surface area contributed by atoms with Crippen LogP contribution in [0.3, 0.4) is 0 Å². The highest BCUT2D eigenvalue weighted by Gasteiger charge is 2.33. The third kappa shape index (κ3) is 5.10. The molecule has 8 heteroatoms. The van der Waals surface area contributed by atoms with Gasteiger partial charge in [-0.1, -0.05) is 24.3 Å². The molecule has 1 saturated heterocycles. The summed E-state index contributed by atoms with van der Waals surface area (Å²) in [6.45, 7) is 2.82. The molecule has 152 valence electrons. The third-order valence-electron chi connectivity index (χ3n) is 4.48. The van der Waals surface area contributed by atoms with Crippen LogP contribution < -0.4 is 10.1 Å². The highest BCUT2D eigenvalue weighted by atomic mass is 19.1. The van der Waals surface area contributed by atoms with E-state index in [0.717, 1.165) is 5.56 Å². The Morgan fingerprint density at radius 1 is 1.03 bits per heavy atom. The molecule has 0 aromatic heterocycles. The molecule has 1 N–H and O–H groups in total. The number of hydrogen-bond acceptors (Lipinski definition) is 4. The molecule has 1 fully saturated rings. The lowest BCUT2D eigenvalue weighted by molar-refractivity contribution is -0.157. The Morgan fingerprint density at radius 3 is 2.41 bits per heavy atom. The summed E-state index contributed by atoms with van der Waals surface area (Å²) in [4.78, 5) is 39.8. The van der Waals surface area contributed by atoms with Crippen molar-refractivity contribution in [3.05, 3.63) is 59.9 Å². The number of para-hydroxylation sites is 2. The van der Waals surface area contributed by atoms with Gasteiger partial charge in [-0.2, -0.15) is 0 Å². The molecule has 0 unspecified atom stereocenters. The molecule has 7 nitrogen and oxygen atoms in total. The molecule has 0 bridgehead atoms. The van der Waals surface area contributed by atoms with E-state index in [2.05, 4.69) is 5.32 Å². The van der Waals surface area contributed by atoms with Crippen LogP contribution in [0.5, 0.6) is 5.75 Å². The van der Waals surface area contributed by atoms with E-state index in [9.17, 15) is 18.8 Å². The van der Waals surface area contributed by atoms with E-state index in [1.54, 1.807) is 36.4 Å². The second-order valence-corrected chi connectivity index (χ2v) is 6.56. The minimum absolute atomic E-state index is 0.215. The molecule has 1 aliphatic heterocycles. The number of benzene rings is 2. The number of amides is 3. The SMILES string of the molecule is CCOc1ccccc1NC(=O)CN1CCN(Cc2ccc(F)cc2)C(=O)C1=O. The van der Waals surface area contributed by atoms with Crippen LogP contribution in [0.2, 0.25) is 0 Å². The summed E-state index contributed by atoms with van der Waals surface area (Å²) < 4.78 is 18.5. The number of hydrogen-bond donors (Lipinski definition) is 1. The van der Waals surface area contributed by atoms with Crippen molar-refractivity contribution in [1.29, 1.82) is 0 Å². The number of carbonyl (C=O) groups excluding carboxylic acids is 3. The normalized spacial score (nSPS) is 14.1. The molecule has 0 atom stereocenters. The zero-order valence-corrected chi connectivity index (χ0v) is 16.1. The quantitative estimate of drug-likeness (QED) is 0.723. The van der Waals surface area contributed by atoms with Crippen molar-refractivity contribution < 1.29 is 23.5 Å². The average Bonchev–Trinajstić information content (AvgIpc) is 2.71. The highest BCUT2D eigenvalue weighted by Crippen LogP contribution is 2.23. The lowest BCUT2D eigenvalue weighted by Gasteiger charge is -2.33. The zero-order chi connectivity index (χ0) is 20.8. The molecule has 2 aromatic carbocycles. The van der Waals surface area contributed by atoms with Crippen molar-refractivity contribution in [2.45, 2.75) is 13.5 Å². The third-order valence-corrected chi connectivity index (χ3v) is 4.48. The van der Waals surface area contributed by atoms with Gasteiger partial charge >= 0.3 is 11.8 Å². The molecule has 3 amide bonds. The van der Waals surface area contributed by atoms with Crippen LogP contribution in [0.4, 0.5) is 10.1 Å². The Kier molecular flexibility index (Phi) is 6.43. The molecule has 1 heterocycles. The number of rotatable bonds is 7. The summed E-state index contributed by atoms with van der Waals surface area (Å²) in [5.74, 6) is -1.65. The first kappa shape index (κ1) is 20.3. The van der Waals surface area contributed by atoms with Gasteiger partial charge in [0.25, 0.3) is 0 Å². The van der Waals surface area contributed by atoms with E-state index >= 15 is 0 Å². The largest absolute Gasteiger partial charge is 0.492 e. The average molecular weight is 399 g/mol. The molecule has 0 spiro atoms. The van der Waals surface area contributed by atoms with Crippen LogP contribution in [-0.4, -0.2) is 53.8 Å². The minimum atomic E-state index is -0.730. The van der Waals surface area contributed by atoms with Gasteiger partial charge in [-0.05, 0) is 36.8 Å². The molecule has 1 aliphatic rings. The van der Waals surface area contributed by atoms with Crippen LogP contribution in [-0.2, 0) is 20.9 Å². The predicted molar refractivity (Wildman–Crippen MR) is 105 cm³/mol. The van der Waals surface area contributed by atoms with Gasteiger partial charge in [-0.3, -0.25) is 14.4 Å². The molecular formula is C21H22FN3O4. The summed E-state index contributed by atoms with van der Waals surface area (Å²) in [6, 6.07) is 12.8.